The summed E-state index contributed by atoms with van der Waals surface area (Å²) in [5.74, 6) is -0.554. The zero-order valence-electron chi connectivity index (χ0n) is 15.6. The molecule has 0 aliphatic carbocycles. The Bertz CT molecular complexity index is 975. The number of ether oxygens (including phenoxy) is 1. The number of aromatic nitrogens is 2. The molecule has 29 heavy (non-hydrogen) atoms. The third kappa shape index (κ3) is 5.34. The summed E-state index contributed by atoms with van der Waals surface area (Å²) in [6.45, 7) is 3.63. The Morgan fingerprint density at radius 2 is 1.66 bits per heavy atom. The summed E-state index contributed by atoms with van der Waals surface area (Å²) in [6, 6.07) is 11.9. The number of nitrogens with one attached hydrogen (secondary N) is 2. The first-order chi connectivity index (χ1) is 13.7. The van der Waals surface area contributed by atoms with Crippen LogP contribution < -0.4 is 15.4 Å². The van der Waals surface area contributed by atoms with Crippen molar-refractivity contribution in [3.05, 3.63) is 66.1 Å². The minimum absolute atomic E-state index is 0.0747. The number of rotatable bonds is 6. The van der Waals surface area contributed by atoms with Crippen LogP contribution in [0.1, 0.15) is 19.4 Å². The second-order valence-corrected chi connectivity index (χ2v) is 6.37. The quantitative estimate of drug-likeness (QED) is 0.499. The third-order valence-corrected chi connectivity index (χ3v) is 3.70. The normalized spacial score (nSPS) is 11.4. The highest BCUT2D eigenvalue weighted by Crippen LogP contribution is 2.37. The Kier molecular flexibility index (Phi) is 5.86. The number of halogens is 4. The van der Waals surface area contributed by atoms with Gasteiger partial charge in [0.15, 0.2) is 0 Å². The van der Waals surface area contributed by atoms with Crippen molar-refractivity contribution in [2.24, 2.45) is 0 Å². The van der Waals surface area contributed by atoms with Gasteiger partial charge < -0.3 is 15.4 Å². The van der Waals surface area contributed by atoms with Gasteiger partial charge in [-0.15, -0.1) is 0 Å². The standard InChI is InChI=1S/C20H18F4N4O/c1-12(2)29-17-6-4-3-5-16(17)27-18-15(20(22,23)24)11-25-19(28-18)26-14-9-7-13(21)8-10-14/h3-12H,1-2H3,(H2,25,26,27,28). The van der Waals surface area contributed by atoms with Gasteiger partial charge in [0.25, 0.3) is 0 Å². The summed E-state index contributed by atoms with van der Waals surface area (Å²) in [4.78, 5) is 7.70. The van der Waals surface area contributed by atoms with E-state index < -0.39 is 23.4 Å². The maximum Gasteiger partial charge on any atom is 0.421 e. The van der Waals surface area contributed by atoms with Crippen LogP contribution in [0.3, 0.4) is 0 Å². The number of nitrogens with zero attached hydrogens (tertiary/aromatic N) is 2. The largest absolute Gasteiger partial charge is 0.489 e. The van der Waals surface area contributed by atoms with E-state index in [4.69, 9.17) is 4.74 Å². The molecule has 0 radical (unpaired) electrons. The lowest BCUT2D eigenvalue weighted by Crippen LogP contribution is -2.13. The van der Waals surface area contributed by atoms with Crippen molar-refractivity contribution in [2.75, 3.05) is 10.6 Å². The highest BCUT2D eigenvalue weighted by molar-refractivity contribution is 5.67. The Morgan fingerprint density at radius 3 is 2.31 bits per heavy atom. The summed E-state index contributed by atoms with van der Waals surface area (Å²) in [5.41, 5.74) is -0.264. The van der Waals surface area contributed by atoms with Crippen molar-refractivity contribution in [3.63, 3.8) is 0 Å². The van der Waals surface area contributed by atoms with E-state index in [2.05, 4.69) is 20.6 Å². The van der Waals surface area contributed by atoms with Gasteiger partial charge in [0.05, 0.1) is 11.8 Å². The zero-order valence-corrected chi connectivity index (χ0v) is 15.6. The first-order valence-electron chi connectivity index (χ1n) is 8.72. The number of alkyl halides is 3. The van der Waals surface area contributed by atoms with E-state index in [-0.39, 0.29) is 12.1 Å². The van der Waals surface area contributed by atoms with Crippen molar-refractivity contribution >= 4 is 23.1 Å². The summed E-state index contributed by atoms with van der Waals surface area (Å²) < 4.78 is 59.0. The fourth-order valence-corrected chi connectivity index (χ4v) is 2.46. The van der Waals surface area contributed by atoms with Gasteiger partial charge in [-0.3, -0.25) is 0 Å². The van der Waals surface area contributed by atoms with Crippen LogP contribution in [0.2, 0.25) is 0 Å². The number of para-hydroxylation sites is 2. The van der Waals surface area contributed by atoms with E-state index in [0.29, 0.717) is 23.3 Å². The molecule has 0 fully saturated rings. The van der Waals surface area contributed by atoms with Crippen molar-refractivity contribution in [3.8, 4) is 5.75 Å². The molecule has 1 aromatic heterocycles. The van der Waals surface area contributed by atoms with Gasteiger partial charge in [-0.05, 0) is 50.2 Å². The molecule has 0 saturated heterocycles. The van der Waals surface area contributed by atoms with Gasteiger partial charge in [0.1, 0.15) is 22.9 Å². The molecule has 0 unspecified atom stereocenters. The summed E-state index contributed by atoms with van der Waals surface area (Å²) >= 11 is 0. The average Bonchev–Trinajstić information content (AvgIpc) is 2.64. The molecular formula is C20H18F4N4O. The van der Waals surface area contributed by atoms with Crippen LogP contribution in [0, 0.1) is 5.82 Å². The number of hydrogen-bond acceptors (Lipinski definition) is 5. The predicted molar refractivity (Wildman–Crippen MR) is 102 cm³/mol. The highest BCUT2D eigenvalue weighted by Gasteiger charge is 2.35. The van der Waals surface area contributed by atoms with Crippen LogP contribution >= 0.6 is 0 Å². The number of hydrogen-bond donors (Lipinski definition) is 2. The van der Waals surface area contributed by atoms with Gasteiger partial charge in [-0.25, -0.2) is 9.37 Å². The van der Waals surface area contributed by atoms with E-state index in [0.717, 1.165) is 0 Å². The van der Waals surface area contributed by atoms with E-state index in [1.54, 1.807) is 24.3 Å². The van der Waals surface area contributed by atoms with E-state index in [1.165, 1.54) is 24.3 Å². The second kappa shape index (κ2) is 8.34. The van der Waals surface area contributed by atoms with E-state index >= 15 is 0 Å². The van der Waals surface area contributed by atoms with Crippen LogP contribution in [-0.2, 0) is 6.18 Å². The lowest BCUT2D eigenvalue weighted by molar-refractivity contribution is -0.137. The number of benzene rings is 2. The number of anilines is 4. The van der Waals surface area contributed by atoms with Crippen molar-refractivity contribution < 1.29 is 22.3 Å². The van der Waals surface area contributed by atoms with Crippen LogP contribution in [0.5, 0.6) is 5.75 Å². The summed E-state index contributed by atoms with van der Waals surface area (Å²) in [5, 5.41) is 5.45. The molecule has 0 bridgehead atoms. The van der Waals surface area contributed by atoms with Gasteiger partial charge in [-0.1, -0.05) is 12.1 Å². The highest BCUT2D eigenvalue weighted by atomic mass is 19.4. The van der Waals surface area contributed by atoms with Gasteiger partial charge in [0, 0.05) is 11.9 Å². The predicted octanol–water partition coefficient (Wildman–Crippen LogP) is 5.91. The summed E-state index contributed by atoms with van der Waals surface area (Å²) in [6.07, 6.45) is -4.14. The van der Waals surface area contributed by atoms with E-state index in [9.17, 15) is 17.6 Å². The zero-order chi connectivity index (χ0) is 21.0. The first-order valence-corrected chi connectivity index (χ1v) is 8.72. The molecule has 3 aromatic rings. The molecule has 0 aliphatic heterocycles. The molecule has 5 nitrogen and oxygen atoms in total. The molecule has 1 heterocycles. The van der Waals surface area contributed by atoms with Crippen molar-refractivity contribution in [1.29, 1.82) is 0 Å². The smallest absolute Gasteiger partial charge is 0.421 e. The molecule has 152 valence electrons. The Hall–Kier alpha value is -3.36. The fourth-order valence-electron chi connectivity index (χ4n) is 2.46. The average molecular weight is 406 g/mol. The Balaban J connectivity index is 1.96. The van der Waals surface area contributed by atoms with Gasteiger partial charge >= 0.3 is 6.18 Å². The molecule has 0 atom stereocenters. The van der Waals surface area contributed by atoms with Gasteiger partial charge in [0.2, 0.25) is 5.95 Å². The molecule has 0 saturated carbocycles. The van der Waals surface area contributed by atoms with Crippen molar-refractivity contribution in [1.82, 2.24) is 9.97 Å². The van der Waals surface area contributed by atoms with Gasteiger partial charge in [-0.2, -0.15) is 18.2 Å². The monoisotopic (exact) mass is 406 g/mol. The minimum atomic E-state index is -4.66. The topological polar surface area (TPSA) is 59.1 Å². The Labute approximate surface area is 164 Å². The van der Waals surface area contributed by atoms with Crippen LogP contribution in [0.15, 0.2) is 54.7 Å². The van der Waals surface area contributed by atoms with Crippen LogP contribution in [0.25, 0.3) is 0 Å². The first kappa shape index (κ1) is 20.4. The molecular weight excluding hydrogens is 388 g/mol. The summed E-state index contributed by atoms with van der Waals surface area (Å²) in [7, 11) is 0. The maximum absolute atomic E-state index is 13.5. The molecule has 0 amide bonds. The molecule has 2 N–H and O–H groups in total. The fraction of sp³-hybridized carbons (Fsp3) is 0.200. The second-order valence-electron chi connectivity index (χ2n) is 6.37. The van der Waals surface area contributed by atoms with Crippen LogP contribution in [0.4, 0.5) is 40.7 Å². The molecule has 0 spiro atoms. The lowest BCUT2D eigenvalue weighted by atomic mass is 10.2. The van der Waals surface area contributed by atoms with E-state index in [1.807, 2.05) is 13.8 Å². The SMILES string of the molecule is CC(C)Oc1ccccc1Nc1nc(Nc2ccc(F)cc2)ncc1C(F)(F)F. The van der Waals surface area contributed by atoms with Crippen LogP contribution in [-0.4, -0.2) is 16.1 Å². The molecule has 0 aliphatic rings. The third-order valence-electron chi connectivity index (χ3n) is 3.70. The molecule has 3 rings (SSSR count). The Morgan fingerprint density at radius 1 is 0.966 bits per heavy atom. The maximum atomic E-state index is 13.5. The van der Waals surface area contributed by atoms with Crippen molar-refractivity contribution in [2.45, 2.75) is 26.1 Å². The molecule has 2 aromatic carbocycles. The minimum Gasteiger partial charge on any atom is -0.489 e. The lowest BCUT2D eigenvalue weighted by Gasteiger charge is -2.18. The molecule has 9 heteroatoms.